The van der Waals surface area contributed by atoms with E-state index in [-0.39, 0.29) is 25.3 Å². The molecule has 0 bridgehead atoms. The summed E-state index contributed by atoms with van der Waals surface area (Å²) >= 11 is 0. The van der Waals surface area contributed by atoms with Crippen LogP contribution in [-0.4, -0.2) is 34.9 Å². The molecule has 0 aromatic heterocycles. The summed E-state index contributed by atoms with van der Waals surface area (Å²) in [7, 11) is 0. The highest BCUT2D eigenvalue weighted by molar-refractivity contribution is 5.68. The molecule has 6 heteroatoms. The number of hydrogen-bond donors (Lipinski definition) is 1. The monoisotopic (exact) mass is 287 g/mol. The van der Waals surface area contributed by atoms with Gasteiger partial charge in [0.1, 0.15) is 17.2 Å². The molecule has 1 N–H and O–H groups in total. The molecule has 0 atom stereocenters. The van der Waals surface area contributed by atoms with Crippen LogP contribution in [0, 0.1) is 11.6 Å². The number of carbonyl (C=O) groups excluding carboxylic acids is 1. The molecule has 0 heterocycles. The first-order valence-electron chi connectivity index (χ1n) is 6.25. The SMILES string of the molecule is CC(C)(C)OC(=O)N(CCO)Cc1ccc(F)cc1F. The molecule has 0 radical (unpaired) electrons. The predicted molar refractivity (Wildman–Crippen MR) is 70.1 cm³/mol. The van der Waals surface area contributed by atoms with Crippen molar-refractivity contribution in [3.8, 4) is 0 Å². The summed E-state index contributed by atoms with van der Waals surface area (Å²) in [6.07, 6.45) is -0.657. The zero-order chi connectivity index (χ0) is 15.3. The zero-order valence-electron chi connectivity index (χ0n) is 11.8. The largest absolute Gasteiger partial charge is 0.444 e. The molecule has 20 heavy (non-hydrogen) atoms. The number of ether oxygens (including phenoxy) is 1. The minimum Gasteiger partial charge on any atom is -0.444 e. The molecule has 1 aromatic rings. The van der Waals surface area contributed by atoms with Crippen molar-refractivity contribution in [1.82, 2.24) is 4.90 Å². The average Bonchev–Trinajstić information content (AvgIpc) is 2.29. The summed E-state index contributed by atoms with van der Waals surface area (Å²) < 4.78 is 31.6. The van der Waals surface area contributed by atoms with Crippen LogP contribution in [0.3, 0.4) is 0 Å². The number of aliphatic hydroxyl groups excluding tert-OH is 1. The van der Waals surface area contributed by atoms with Crippen LogP contribution in [0.2, 0.25) is 0 Å². The summed E-state index contributed by atoms with van der Waals surface area (Å²) in [5, 5.41) is 8.97. The Bertz CT molecular complexity index is 472. The van der Waals surface area contributed by atoms with Gasteiger partial charge < -0.3 is 14.7 Å². The van der Waals surface area contributed by atoms with Crippen molar-refractivity contribution in [3.63, 3.8) is 0 Å². The Labute approximate surface area is 117 Å². The number of carbonyl (C=O) groups is 1. The highest BCUT2D eigenvalue weighted by Gasteiger charge is 2.22. The van der Waals surface area contributed by atoms with E-state index in [9.17, 15) is 13.6 Å². The molecule has 0 saturated carbocycles. The lowest BCUT2D eigenvalue weighted by atomic mass is 10.2. The van der Waals surface area contributed by atoms with Gasteiger partial charge in [-0.25, -0.2) is 13.6 Å². The topological polar surface area (TPSA) is 49.8 Å². The fourth-order valence-corrected chi connectivity index (χ4v) is 1.54. The average molecular weight is 287 g/mol. The van der Waals surface area contributed by atoms with Crippen LogP contribution < -0.4 is 0 Å². The molecule has 0 saturated heterocycles. The van der Waals surface area contributed by atoms with Gasteiger partial charge in [0, 0.05) is 18.2 Å². The number of halogens is 2. The van der Waals surface area contributed by atoms with Gasteiger partial charge in [0.25, 0.3) is 0 Å². The normalized spacial score (nSPS) is 11.3. The molecule has 1 aromatic carbocycles. The Morgan fingerprint density at radius 1 is 1.35 bits per heavy atom. The molecule has 0 unspecified atom stereocenters. The van der Waals surface area contributed by atoms with Crippen LogP contribution in [-0.2, 0) is 11.3 Å². The maximum Gasteiger partial charge on any atom is 0.410 e. The summed E-state index contributed by atoms with van der Waals surface area (Å²) in [6.45, 7) is 4.76. The highest BCUT2D eigenvalue weighted by atomic mass is 19.1. The molecule has 1 rings (SSSR count). The number of hydrogen-bond acceptors (Lipinski definition) is 3. The Hall–Kier alpha value is -1.69. The number of amides is 1. The fraction of sp³-hybridized carbons (Fsp3) is 0.500. The molecule has 0 aliphatic rings. The van der Waals surface area contributed by atoms with Crippen LogP contribution in [0.4, 0.5) is 13.6 Å². The summed E-state index contributed by atoms with van der Waals surface area (Å²) in [4.78, 5) is 13.1. The molecule has 112 valence electrons. The maximum absolute atomic E-state index is 13.6. The van der Waals surface area contributed by atoms with E-state index in [1.807, 2.05) is 0 Å². The Morgan fingerprint density at radius 3 is 2.50 bits per heavy atom. The van der Waals surface area contributed by atoms with Crippen LogP contribution >= 0.6 is 0 Å². The van der Waals surface area contributed by atoms with E-state index >= 15 is 0 Å². The van der Waals surface area contributed by atoms with Crippen molar-refractivity contribution in [3.05, 3.63) is 35.4 Å². The molecule has 1 amide bonds. The van der Waals surface area contributed by atoms with Gasteiger partial charge >= 0.3 is 6.09 Å². The Morgan fingerprint density at radius 2 is 2.00 bits per heavy atom. The fourth-order valence-electron chi connectivity index (χ4n) is 1.54. The molecule has 0 aliphatic heterocycles. The van der Waals surface area contributed by atoms with Crippen LogP contribution in [0.25, 0.3) is 0 Å². The van der Waals surface area contributed by atoms with E-state index < -0.39 is 23.3 Å². The first kappa shape index (κ1) is 16.4. The lowest BCUT2D eigenvalue weighted by molar-refractivity contribution is 0.0200. The number of nitrogens with zero attached hydrogens (tertiary/aromatic N) is 1. The van der Waals surface area contributed by atoms with Gasteiger partial charge in [-0.1, -0.05) is 6.07 Å². The van der Waals surface area contributed by atoms with Crippen LogP contribution in [0.5, 0.6) is 0 Å². The van der Waals surface area contributed by atoms with Crippen molar-refractivity contribution >= 4 is 6.09 Å². The van der Waals surface area contributed by atoms with Gasteiger partial charge in [0.05, 0.1) is 13.2 Å². The summed E-state index contributed by atoms with van der Waals surface area (Å²) in [5.74, 6) is -1.42. The first-order chi connectivity index (χ1) is 9.23. The van der Waals surface area contributed by atoms with Crippen molar-refractivity contribution in [1.29, 1.82) is 0 Å². The van der Waals surface area contributed by atoms with E-state index in [1.54, 1.807) is 20.8 Å². The number of benzene rings is 1. The van der Waals surface area contributed by atoms with Crippen molar-refractivity contribution in [2.45, 2.75) is 32.9 Å². The van der Waals surface area contributed by atoms with Gasteiger partial charge in [0.15, 0.2) is 0 Å². The molecule has 0 fully saturated rings. The van der Waals surface area contributed by atoms with E-state index in [0.717, 1.165) is 12.1 Å². The first-order valence-corrected chi connectivity index (χ1v) is 6.25. The minimum atomic E-state index is -0.739. The third kappa shape index (κ3) is 5.13. The van der Waals surface area contributed by atoms with Crippen molar-refractivity contribution in [2.75, 3.05) is 13.2 Å². The Balaban J connectivity index is 2.83. The maximum atomic E-state index is 13.6. The third-order valence-corrected chi connectivity index (χ3v) is 2.40. The number of rotatable bonds is 4. The molecule has 4 nitrogen and oxygen atoms in total. The van der Waals surface area contributed by atoms with Gasteiger partial charge in [-0.05, 0) is 26.8 Å². The minimum absolute atomic E-state index is 0.00568. The van der Waals surface area contributed by atoms with Gasteiger partial charge in [-0.15, -0.1) is 0 Å². The van der Waals surface area contributed by atoms with Crippen LogP contribution in [0.15, 0.2) is 18.2 Å². The van der Waals surface area contributed by atoms with E-state index in [0.29, 0.717) is 0 Å². The standard InChI is InChI=1S/C14H19F2NO3/c1-14(2,3)20-13(19)17(6-7-18)9-10-4-5-11(15)8-12(10)16/h4-5,8,18H,6-7,9H2,1-3H3. The van der Waals surface area contributed by atoms with Gasteiger partial charge in [-0.3, -0.25) is 0 Å². The van der Waals surface area contributed by atoms with E-state index in [2.05, 4.69) is 0 Å². The van der Waals surface area contributed by atoms with Crippen molar-refractivity contribution < 1.29 is 23.4 Å². The summed E-state index contributed by atoms with van der Waals surface area (Å²) in [6, 6.07) is 3.13. The van der Waals surface area contributed by atoms with E-state index in [4.69, 9.17) is 9.84 Å². The van der Waals surface area contributed by atoms with Crippen LogP contribution in [0.1, 0.15) is 26.3 Å². The zero-order valence-corrected chi connectivity index (χ0v) is 11.8. The molecular weight excluding hydrogens is 268 g/mol. The number of aliphatic hydroxyl groups is 1. The second kappa shape index (κ2) is 6.65. The smallest absolute Gasteiger partial charge is 0.410 e. The van der Waals surface area contributed by atoms with Gasteiger partial charge in [0.2, 0.25) is 0 Å². The second-order valence-corrected chi connectivity index (χ2v) is 5.36. The summed E-state index contributed by atoms with van der Waals surface area (Å²) in [5.41, 5.74) is -0.530. The third-order valence-electron chi connectivity index (χ3n) is 2.40. The molecular formula is C14H19F2NO3. The quantitative estimate of drug-likeness (QED) is 0.926. The van der Waals surface area contributed by atoms with Gasteiger partial charge in [-0.2, -0.15) is 0 Å². The highest BCUT2D eigenvalue weighted by Crippen LogP contribution is 2.15. The Kier molecular flexibility index (Phi) is 5.44. The van der Waals surface area contributed by atoms with E-state index in [1.165, 1.54) is 11.0 Å². The molecule has 0 spiro atoms. The lowest BCUT2D eigenvalue weighted by Gasteiger charge is -2.27. The molecule has 0 aliphatic carbocycles. The predicted octanol–water partition coefficient (Wildman–Crippen LogP) is 2.69. The van der Waals surface area contributed by atoms with Crippen molar-refractivity contribution in [2.24, 2.45) is 0 Å². The lowest BCUT2D eigenvalue weighted by Crippen LogP contribution is -2.38. The second-order valence-electron chi connectivity index (χ2n) is 5.36.